The van der Waals surface area contributed by atoms with Crippen LogP contribution in [-0.2, 0) is 0 Å². The van der Waals surface area contributed by atoms with Crippen molar-refractivity contribution in [3.63, 3.8) is 0 Å². The molecule has 2 aromatic rings. The fourth-order valence-corrected chi connectivity index (χ4v) is 2.36. The molecule has 1 atom stereocenters. The van der Waals surface area contributed by atoms with Crippen molar-refractivity contribution in [2.75, 3.05) is 33.3 Å². The first-order chi connectivity index (χ1) is 13.6. The molecule has 160 valence electrons. The quantitative estimate of drug-likeness (QED) is 0.195. The maximum absolute atomic E-state index is 11.8. The molecular weight excluding hydrogens is 487 g/mol. The normalized spacial score (nSPS) is 11.8. The molecule has 3 N–H and O–H groups in total. The molecule has 0 radical (unpaired) electrons. The molecule has 0 saturated carbocycles. The number of rotatable bonds is 10. The Morgan fingerprint density at radius 1 is 1.14 bits per heavy atom. The highest BCUT2D eigenvalue weighted by atomic mass is 127. The SMILES string of the molecule is CCNC(=NCC(C)Oc1cccc(OC)c1)NCCNC(=O)c1ccco1.I. The van der Waals surface area contributed by atoms with E-state index in [0.29, 0.717) is 31.4 Å². The Kier molecular flexibility index (Phi) is 11.6. The lowest BCUT2D eigenvalue weighted by atomic mass is 10.3. The van der Waals surface area contributed by atoms with Gasteiger partial charge in [-0.05, 0) is 38.1 Å². The van der Waals surface area contributed by atoms with Crippen LogP contribution < -0.4 is 25.4 Å². The zero-order chi connectivity index (χ0) is 20.2. The van der Waals surface area contributed by atoms with Crippen LogP contribution in [0.25, 0.3) is 0 Å². The van der Waals surface area contributed by atoms with Crippen molar-refractivity contribution in [1.29, 1.82) is 0 Å². The van der Waals surface area contributed by atoms with Crippen LogP contribution in [0.15, 0.2) is 52.1 Å². The smallest absolute Gasteiger partial charge is 0.287 e. The maximum atomic E-state index is 11.8. The second kappa shape index (κ2) is 13.7. The number of nitrogens with one attached hydrogen (secondary N) is 3. The number of carbonyl (C=O) groups excluding carboxylic acids is 1. The molecule has 1 aromatic carbocycles. The van der Waals surface area contributed by atoms with Gasteiger partial charge >= 0.3 is 0 Å². The molecule has 0 aliphatic heterocycles. The number of furan rings is 1. The van der Waals surface area contributed by atoms with Crippen LogP contribution in [0.2, 0.25) is 0 Å². The van der Waals surface area contributed by atoms with Crippen molar-refractivity contribution in [2.24, 2.45) is 4.99 Å². The Morgan fingerprint density at radius 2 is 1.90 bits per heavy atom. The zero-order valence-corrected chi connectivity index (χ0v) is 19.3. The summed E-state index contributed by atoms with van der Waals surface area (Å²) in [6.45, 7) is 6.13. The van der Waals surface area contributed by atoms with Crippen LogP contribution in [0, 0.1) is 0 Å². The van der Waals surface area contributed by atoms with Gasteiger partial charge in [0.1, 0.15) is 17.6 Å². The van der Waals surface area contributed by atoms with E-state index in [1.54, 1.807) is 19.2 Å². The summed E-state index contributed by atoms with van der Waals surface area (Å²) < 4.78 is 16.1. The summed E-state index contributed by atoms with van der Waals surface area (Å²) in [5.74, 6) is 2.20. The van der Waals surface area contributed by atoms with E-state index in [2.05, 4.69) is 20.9 Å². The molecule has 0 aliphatic rings. The van der Waals surface area contributed by atoms with Gasteiger partial charge in [0.25, 0.3) is 5.91 Å². The summed E-state index contributed by atoms with van der Waals surface area (Å²) in [6, 6.07) is 10.8. The Balaban J connectivity index is 0.00000420. The number of halogens is 1. The molecule has 8 nitrogen and oxygen atoms in total. The van der Waals surface area contributed by atoms with Gasteiger partial charge in [-0.3, -0.25) is 4.79 Å². The predicted molar refractivity (Wildman–Crippen MR) is 124 cm³/mol. The van der Waals surface area contributed by atoms with Crippen LogP contribution in [-0.4, -0.2) is 51.3 Å². The predicted octanol–water partition coefficient (Wildman–Crippen LogP) is 2.66. The maximum Gasteiger partial charge on any atom is 0.287 e. The summed E-state index contributed by atoms with van der Waals surface area (Å²) in [7, 11) is 1.62. The van der Waals surface area contributed by atoms with Gasteiger partial charge in [0, 0.05) is 25.7 Å². The highest BCUT2D eigenvalue weighted by molar-refractivity contribution is 14.0. The van der Waals surface area contributed by atoms with Gasteiger partial charge in [0.15, 0.2) is 11.7 Å². The molecule has 2 rings (SSSR count). The minimum atomic E-state index is -0.242. The number of hydrogen-bond donors (Lipinski definition) is 3. The second-order valence-corrected chi connectivity index (χ2v) is 5.99. The average molecular weight is 516 g/mol. The van der Waals surface area contributed by atoms with Gasteiger partial charge in [-0.1, -0.05) is 6.07 Å². The van der Waals surface area contributed by atoms with Gasteiger partial charge in [0.05, 0.1) is 19.9 Å². The highest BCUT2D eigenvalue weighted by Crippen LogP contribution is 2.19. The first-order valence-corrected chi connectivity index (χ1v) is 9.27. The van der Waals surface area contributed by atoms with Crippen LogP contribution in [0.4, 0.5) is 0 Å². The molecule has 0 aliphatic carbocycles. The fourth-order valence-electron chi connectivity index (χ4n) is 2.36. The number of amides is 1. The molecule has 0 fully saturated rings. The standard InChI is InChI=1S/C20H28N4O4.HI/c1-4-21-20(23-11-10-22-19(25)18-9-6-12-27-18)24-14-15(2)28-17-8-5-7-16(13-17)26-3;/h5-9,12-13,15H,4,10-11,14H2,1-3H3,(H,22,25)(H2,21,23,24);1H. The Morgan fingerprint density at radius 3 is 2.59 bits per heavy atom. The van der Waals surface area contributed by atoms with Gasteiger partial charge < -0.3 is 29.8 Å². The number of nitrogens with zero attached hydrogens (tertiary/aromatic N) is 1. The van der Waals surface area contributed by atoms with E-state index in [1.807, 2.05) is 38.1 Å². The summed E-state index contributed by atoms with van der Waals surface area (Å²) >= 11 is 0. The minimum Gasteiger partial charge on any atom is -0.497 e. The molecule has 1 aromatic heterocycles. The van der Waals surface area contributed by atoms with Crippen molar-refractivity contribution < 1.29 is 18.7 Å². The first kappa shape index (κ1) is 24.6. The van der Waals surface area contributed by atoms with Gasteiger partial charge in [-0.2, -0.15) is 0 Å². The van der Waals surface area contributed by atoms with Crippen LogP contribution >= 0.6 is 24.0 Å². The number of ether oxygens (including phenoxy) is 2. The molecule has 1 amide bonds. The number of methoxy groups -OCH3 is 1. The lowest BCUT2D eigenvalue weighted by Gasteiger charge is -2.15. The Hall–Kier alpha value is -2.43. The van der Waals surface area contributed by atoms with Crippen molar-refractivity contribution >= 4 is 35.8 Å². The summed E-state index contributed by atoms with van der Waals surface area (Å²) in [5, 5.41) is 9.12. The third kappa shape index (κ3) is 9.07. The first-order valence-electron chi connectivity index (χ1n) is 9.27. The van der Waals surface area contributed by atoms with Crippen LogP contribution in [0.5, 0.6) is 11.5 Å². The van der Waals surface area contributed by atoms with E-state index in [0.717, 1.165) is 18.0 Å². The number of aliphatic imine (C=N–C) groups is 1. The molecule has 29 heavy (non-hydrogen) atoms. The molecule has 9 heteroatoms. The minimum absolute atomic E-state index is 0. The topological polar surface area (TPSA) is 97.1 Å². The summed E-state index contributed by atoms with van der Waals surface area (Å²) in [6.07, 6.45) is 1.36. The fraction of sp³-hybridized carbons (Fsp3) is 0.400. The van der Waals surface area contributed by atoms with E-state index in [1.165, 1.54) is 6.26 Å². The monoisotopic (exact) mass is 516 g/mol. The van der Waals surface area contributed by atoms with E-state index in [-0.39, 0.29) is 36.0 Å². The number of hydrogen-bond acceptors (Lipinski definition) is 5. The Bertz CT molecular complexity index is 753. The number of guanidine groups is 1. The van der Waals surface area contributed by atoms with Gasteiger partial charge in [0.2, 0.25) is 0 Å². The van der Waals surface area contributed by atoms with Crippen molar-refractivity contribution in [1.82, 2.24) is 16.0 Å². The second-order valence-electron chi connectivity index (χ2n) is 5.99. The lowest BCUT2D eigenvalue weighted by molar-refractivity contribution is 0.0926. The van der Waals surface area contributed by atoms with Crippen molar-refractivity contribution in [3.8, 4) is 11.5 Å². The highest BCUT2D eigenvalue weighted by Gasteiger charge is 2.08. The molecule has 0 saturated heterocycles. The largest absolute Gasteiger partial charge is 0.497 e. The number of benzene rings is 1. The van der Waals surface area contributed by atoms with E-state index < -0.39 is 0 Å². The van der Waals surface area contributed by atoms with Crippen LogP contribution in [0.3, 0.4) is 0 Å². The van der Waals surface area contributed by atoms with E-state index in [9.17, 15) is 4.79 Å². The Labute approximate surface area is 188 Å². The van der Waals surface area contributed by atoms with Crippen molar-refractivity contribution in [3.05, 3.63) is 48.4 Å². The summed E-state index contributed by atoms with van der Waals surface area (Å²) in [4.78, 5) is 16.3. The van der Waals surface area contributed by atoms with E-state index in [4.69, 9.17) is 13.9 Å². The van der Waals surface area contributed by atoms with Gasteiger partial charge in [-0.15, -0.1) is 24.0 Å². The molecule has 0 spiro atoms. The lowest BCUT2D eigenvalue weighted by Crippen LogP contribution is -2.42. The zero-order valence-electron chi connectivity index (χ0n) is 16.9. The summed E-state index contributed by atoms with van der Waals surface area (Å²) in [5.41, 5.74) is 0. The molecular formula is C20H29IN4O4. The van der Waals surface area contributed by atoms with Gasteiger partial charge in [-0.25, -0.2) is 4.99 Å². The number of carbonyl (C=O) groups is 1. The third-order valence-electron chi connectivity index (χ3n) is 3.68. The van der Waals surface area contributed by atoms with Crippen LogP contribution in [0.1, 0.15) is 24.4 Å². The molecule has 0 bridgehead atoms. The van der Waals surface area contributed by atoms with E-state index >= 15 is 0 Å². The van der Waals surface area contributed by atoms with Crippen molar-refractivity contribution in [2.45, 2.75) is 20.0 Å². The molecule has 1 unspecified atom stereocenters. The third-order valence-corrected chi connectivity index (χ3v) is 3.68. The molecule has 1 heterocycles. The average Bonchev–Trinajstić information content (AvgIpc) is 3.24.